The Morgan fingerprint density at radius 3 is 2.62 bits per heavy atom. The Labute approximate surface area is 93.4 Å². The van der Waals surface area contributed by atoms with Crippen molar-refractivity contribution < 1.29 is 4.79 Å². The molecule has 0 aliphatic carbocycles. The van der Waals surface area contributed by atoms with Crippen molar-refractivity contribution in [2.45, 2.75) is 6.92 Å². The van der Waals surface area contributed by atoms with Gasteiger partial charge in [-0.05, 0) is 24.3 Å². The molecule has 2 aromatic heterocycles. The van der Waals surface area contributed by atoms with Gasteiger partial charge < -0.3 is 5.32 Å². The van der Waals surface area contributed by atoms with Crippen molar-refractivity contribution in [3.63, 3.8) is 0 Å². The van der Waals surface area contributed by atoms with Crippen LogP contribution in [0.3, 0.4) is 0 Å². The lowest BCUT2D eigenvalue weighted by molar-refractivity contribution is -0.114. The van der Waals surface area contributed by atoms with Crippen molar-refractivity contribution in [3.8, 4) is 11.4 Å². The number of rotatable bonds is 2. The summed E-state index contributed by atoms with van der Waals surface area (Å²) in [6, 6.07) is 9.16. The highest BCUT2D eigenvalue weighted by molar-refractivity contribution is 5.92. The third kappa shape index (κ3) is 2.23. The van der Waals surface area contributed by atoms with E-state index >= 15 is 0 Å². The van der Waals surface area contributed by atoms with Gasteiger partial charge in [-0.2, -0.15) is 0 Å². The van der Waals surface area contributed by atoms with Crippen LogP contribution in [0.2, 0.25) is 0 Å². The zero-order valence-corrected chi connectivity index (χ0v) is 8.84. The van der Waals surface area contributed by atoms with Gasteiger partial charge in [-0.25, -0.2) is 0 Å². The largest absolute Gasteiger partial charge is 0.324 e. The molecule has 0 radical (unpaired) electrons. The number of nitrogens with one attached hydrogen (secondary N) is 1. The number of carbonyl (C=O) groups excluding carboxylic acids is 1. The van der Waals surface area contributed by atoms with Crippen molar-refractivity contribution in [1.82, 2.24) is 9.97 Å². The molecule has 16 heavy (non-hydrogen) atoms. The topological polar surface area (TPSA) is 54.9 Å². The zero-order chi connectivity index (χ0) is 11.4. The number of hydrogen-bond acceptors (Lipinski definition) is 3. The van der Waals surface area contributed by atoms with E-state index in [4.69, 9.17) is 0 Å². The normalized spacial score (nSPS) is 9.81. The van der Waals surface area contributed by atoms with Crippen LogP contribution in [-0.4, -0.2) is 15.9 Å². The fourth-order valence-corrected chi connectivity index (χ4v) is 1.40. The van der Waals surface area contributed by atoms with Crippen molar-refractivity contribution in [2.75, 3.05) is 5.32 Å². The maximum Gasteiger partial charge on any atom is 0.221 e. The van der Waals surface area contributed by atoms with Gasteiger partial charge in [0.2, 0.25) is 5.91 Å². The molecule has 4 nitrogen and oxygen atoms in total. The number of hydrogen-bond donors (Lipinski definition) is 1. The Kier molecular flexibility index (Phi) is 2.91. The molecule has 0 spiro atoms. The highest BCUT2D eigenvalue weighted by Crippen LogP contribution is 2.22. The van der Waals surface area contributed by atoms with E-state index in [0.717, 1.165) is 5.69 Å². The monoisotopic (exact) mass is 213 g/mol. The van der Waals surface area contributed by atoms with E-state index in [1.165, 1.54) is 6.92 Å². The molecule has 0 aliphatic heterocycles. The first-order chi connectivity index (χ1) is 7.77. The van der Waals surface area contributed by atoms with Crippen LogP contribution in [0, 0.1) is 0 Å². The minimum atomic E-state index is -0.120. The first-order valence-corrected chi connectivity index (χ1v) is 4.91. The van der Waals surface area contributed by atoms with Gasteiger partial charge in [0.05, 0.1) is 11.4 Å². The van der Waals surface area contributed by atoms with E-state index in [9.17, 15) is 4.79 Å². The minimum Gasteiger partial charge on any atom is -0.324 e. The maximum absolute atomic E-state index is 11.0. The molecule has 1 N–H and O–H groups in total. The molecule has 2 heterocycles. The van der Waals surface area contributed by atoms with Crippen molar-refractivity contribution >= 4 is 11.6 Å². The third-order valence-electron chi connectivity index (χ3n) is 2.03. The molecule has 0 fully saturated rings. The number of aromatic nitrogens is 2. The average molecular weight is 213 g/mol. The maximum atomic E-state index is 11.0. The summed E-state index contributed by atoms with van der Waals surface area (Å²) in [7, 11) is 0. The molecular formula is C12H11N3O. The second-order valence-corrected chi connectivity index (χ2v) is 3.30. The Hall–Kier alpha value is -2.23. The SMILES string of the molecule is CC(=O)Nc1cccnc1-c1ccccn1. The van der Waals surface area contributed by atoms with Gasteiger partial charge in [-0.1, -0.05) is 6.07 Å². The Morgan fingerprint density at radius 1 is 1.12 bits per heavy atom. The molecule has 0 saturated heterocycles. The van der Waals surface area contributed by atoms with Crippen LogP contribution in [0.4, 0.5) is 5.69 Å². The number of amides is 1. The Morgan fingerprint density at radius 2 is 1.94 bits per heavy atom. The summed E-state index contributed by atoms with van der Waals surface area (Å²) < 4.78 is 0. The molecule has 0 aliphatic rings. The average Bonchev–Trinajstić information content (AvgIpc) is 2.30. The lowest BCUT2D eigenvalue weighted by Gasteiger charge is -2.07. The van der Waals surface area contributed by atoms with E-state index in [0.29, 0.717) is 11.4 Å². The van der Waals surface area contributed by atoms with E-state index < -0.39 is 0 Å². The van der Waals surface area contributed by atoms with Gasteiger partial charge in [0.25, 0.3) is 0 Å². The fraction of sp³-hybridized carbons (Fsp3) is 0.0833. The predicted molar refractivity (Wildman–Crippen MR) is 61.8 cm³/mol. The highest BCUT2D eigenvalue weighted by Gasteiger charge is 2.07. The van der Waals surface area contributed by atoms with Crippen LogP contribution in [0.1, 0.15) is 6.92 Å². The molecule has 0 aromatic carbocycles. The molecule has 2 aromatic rings. The summed E-state index contributed by atoms with van der Waals surface area (Å²) in [5.41, 5.74) is 2.10. The molecule has 80 valence electrons. The Balaban J connectivity index is 2.44. The van der Waals surface area contributed by atoms with Gasteiger partial charge in [0.15, 0.2) is 0 Å². The van der Waals surface area contributed by atoms with E-state index in [1.807, 2.05) is 18.2 Å². The lowest BCUT2D eigenvalue weighted by Crippen LogP contribution is -2.07. The summed E-state index contributed by atoms with van der Waals surface area (Å²) in [6.45, 7) is 1.47. The third-order valence-corrected chi connectivity index (χ3v) is 2.03. The van der Waals surface area contributed by atoms with E-state index in [-0.39, 0.29) is 5.91 Å². The van der Waals surface area contributed by atoms with Crippen molar-refractivity contribution in [1.29, 1.82) is 0 Å². The highest BCUT2D eigenvalue weighted by atomic mass is 16.1. The Bertz CT molecular complexity index is 497. The van der Waals surface area contributed by atoms with Gasteiger partial charge in [0, 0.05) is 19.3 Å². The quantitative estimate of drug-likeness (QED) is 0.831. The van der Waals surface area contributed by atoms with Crippen LogP contribution >= 0.6 is 0 Å². The predicted octanol–water partition coefficient (Wildman–Crippen LogP) is 2.10. The van der Waals surface area contributed by atoms with E-state index in [2.05, 4.69) is 15.3 Å². The lowest BCUT2D eigenvalue weighted by atomic mass is 10.2. The summed E-state index contributed by atoms with van der Waals surface area (Å²) >= 11 is 0. The zero-order valence-electron chi connectivity index (χ0n) is 8.84. The molecule has 4 heteroatoms. The van der Waals surface area contributed by atoms with E-state index in [1.54, 1.807) is 24.5 Å². The number of carbonyl (C=O) groups is 1. The molecule has 0 atom stereocenters. The van der Waals surface area contributed by atoms with Gasteiger partial charge in [-0.15, -0.1) is 0 Å². The molecule has 0 bridgehead atoms. The second kappa shape index (κ2) is 4.53. The van der Waals surface area contributed by atoms with Gasteiger partial charge in [-0.3, -0.25) is 14.8 Å². The molecule has 2 rings (SSSR count). The summed E-state index contributed by atoms with van der Waals surface area (Å²) in [6.07, 6.45) is 3.37. The van der Waals surface area contributed by atoms with Crippen LogP contribution < -0.4 is 5.32 Å². The molecule has 0 unspecified atom stereocenters. The van der Waals surface area contributed by atoms with Gasteiger partial charge >= 0.3 is 0 Å². The van der Waals surface area contributed by atoms with Crippen LogP contribution in [0.25, 0.3) is 11.4 Å². The molecule has 1 amide bonds. The van der Waals surface area contributed by atoms with Crippen molar-refractivity contribution in [3.05, 3.63) is 42.7 Å². The van der Waals surface area contributed by atoms with Gasteiger partial charge in [0.1, 0.15) is 5.69 Å². The summed E-state index contributed by atoms with van der Waals surface area (Å²) in [5.74, 6) is -0.120. The standard InChI is InChI=1S/C12H11N3O/c1-9(16)15-11-6-4-8-14-12(11)10-5-2-3-7-13-10/h2-8H,1H3,(H,15,16). The second-order valence-electron chi connectivity index (χ2n) is 3.30. The van der Waals surface area contributed by atoms with Crippen LogP contribution in [0.5, 0.6) is 0 Å². The first-order valence-electron chi connectivity index (χ1n) is 4.91. The molecule has 0 saturated carbocycles. The fourth-order valence-electron chi connectivity index (χ4n) is 1.40. The minimum absolute atomic E-state index is 0.120. The first kappa shape index (κ1) is 10.3. The van der Waals surface area contributed by atoms with Crippen LogP contribution in [-0.2, 0) is 4.79 Å². The summed E-state index contributed by atoms with van der Waals surface area (Å²) in [4.78, 5) is 19.5. The van der Waals surface area contributed by atoms with Crippen LogP contribution in [0.15, 0.2) is 42.7 Å². The van der Waals surface area contributed by atoms with Crippen molar-refractivity contribution in [2.24, 2.45) is 0 Å². The number of pyridine rings is 2. The summed E-state index contributed by atoms with van der Waals surface area (Å²) in [5, 5.41) is 2.73. The molecular weight excluding hydrogens is 202 g/mol. The number of nitrogens with zero attached hydrogens (tertiary/aromatic N) is 2. The smallest absolute Gasteiger partial charge is 0.221 e. The number of anilines is 1.